The second-order valence-corrected chi connectivity index (χ2v) is 8.10. The van der Waals surface area contributed by atoms with Gasteiger partial charge in [0.2, 0.25) is 0 Å². The van der Waals surface area contributed by atoms with Gasteiger partial charge in [0.25, 0.3) is 11.5 Å². The monoisotopic (exact) mass is 343 g/mol. The van der Waals surface area contributed by atoms with E-state index in [1.54, 1.807) is 24.5 Å². The molecule has 3 heterocycles. The molecule has 0 radical (unpaired) electrons. The Bertz CT molecular complexity index is 868. The molecule has 126 valence electrons. The second-order valence-electron chi connectivity index (χ2n) is 6.96. The molecule has 0 N–H and O–H groups in total. The molecule has 6 heteroatoms. The largest absolute Gasteiger partial charge is 0.333 e. The molecule has 24 heavy (non-hydrogen) atoms. The van der Waals surface area contributed by atoms with Crippen LogP contribution in [-0.2, 0) is 32.9 Å². The van der Waals surface area contributed by atoms with E-state index in [4.69, 9.17) is 0 Å². The first-order valence-corrected chi connectivity index (χ1v) is 9.30. The van der Waals surface area contributed by atoms with Crippen molar-refractivity contribution in [2.75, 3.05) is 6.54 Å². The van der Waals surface area contributed by atoms with Crippen molar-refractivity contribution >= 4 is 17.2 Å². The minimum Gasteiger partial charge on any atom is -0.333 e. The van der Waals surface area contributed by atoms with Gasteiger partial charge in [0.1, 0.15) is 0 Å². The van der Waals surface area contributed by atoms with Crippen molar-refractivity contribution in [3.8, 4) is 0 Å². The van der Waals surface area contributed by atoms with Crippen molar-refractivity contribution in [2.24, 2.45) is 13.0 Å². The number of rotatable bonds is 1. The molecule has 4 rings (SSSR count). The van der Waals surface area contributed by atoms with Crippen LogP contribution in [0, 0.1) is 5.92 Å². The van der Waals surface area contributed by atoms with Gasteiger partial charge in [-0.25, -0.2) is 4.68 Å². The van der Waals surface area contributed by atoms with E-state index in [9.17, 15) is 9.59 Å². The van der Waals surface area contributed by atoms with Crippen LogP contribution in [-0.4, -0.2) is 27.1 Å². The summed E-state index contributed by atoms with van der Waals surface area (Å²) in [5, 5.41) is 4.31. The van der Waals surface area contributed by atoms with Crippen LogP contribution in [0.3, 0.4) is 0 Å². The van der Waals surface area contributed by atoms with E-state index in [1.807, 2.05) is 4.90 Å². The highest BCUT2D eigenvalue weighted by atomic mass is 32.1. The number of hydrogen-bond acceptors (Lipinski definition) is 4. The summed E-state index contributed by atoms with van der Waals surface area (Å²) in [5.41, 5.74) is 3.05. The number of carbonyl (C=O) groups is 1. The van der Waals surface area contributed by atoms with Crippen molar-refractivity contribution in [2.45, 2.75) is 39.2 Å². The first-order valence-electron chi connectivity index (χ1n) is 8.48. The average molecular weight is 343 g/mol. The zero-order valence-electron chi connectivity index (χ0n) is 14.0. The molecule has 5 nitrogen and oxygen atoms in total. The molecule has 0 fully saturated rings. The number of thiophene rings is 1. The Labute approximate surface area is 144 Å². The molecule has 2 aromatic rings. The van der Waals surface area contributed by atoms with E-state index >= 15 is 0 Å². The topological polar surface area (TPSA) is 55.2 Å². The Balaban J connectivity index is 1.57. The normalized spacial score (nSPS) is 19.8. The Morgan fingerprint density at radius 1 is 1.29 bits per heavy atom. The third-order valence-corrected chi connectivity index (χ3v) is 6.29. The van der Waals surface area contributed by atoms with Crippen LogP contribution in [0.25, 0.3) is 0 Å². The highest BCUT2D eigenvalue weighted by molar-refractivity contribution is 7.14. The molecule has 0 saturated heterocycles. The van der Waals surface area contributed by atoms with Crippen molar-refractivity contribution in [1.82, 2.24) is 14.7 Å². The summed E-state index contributed by atoms with van der Waals surface area (Å²) in [6.45, 7) is 3.42. The third-order valence-electron chi connectivity index (χ3n) is 5.06. The van der Waals surface area contributed by atoms with Crippen LogP contribution in [0.5, 0.6) is 0 Å². The number of amides is 1. The molecule has 0 spiro atoms. The van der Waals surface area contributed by atoms with Gasteiger partial charge in [-0.15, -0.1) is 11.3 Å². The van der Waals surface area contributed by atoms with Crippen molar-refractivity contribution in [1.29, 1.82) is 0 Å². The summed E-state index contributed by atoms with van der Waals surface area (Å²) in [4.78, 5) is 28.8. The Morgan fingerprint density at radius 2 is 2.12 bits per heavy atom. The number of aryl methyl sites for hydroxylation is 2. The molecule has 1 aliphatic carbocycles. The molecular weight excluding hydrogens is 322 g/mol. The number of aromatic nitrogens is 2. The number of fused-ring (bicyclic) bond motifs is 2. The summed E-state index contributed by atoms with van der Waals surface area (Å²) in [7, 11) is 1.66. The maximum Gasteiger partial charge on any atom is 0.266 e. The molecule has 0 bridgehead atoms. The van der Waals surface area contributed by atoms with E-state index in [0.29, 0.717) is 25.4 Å². The fourth-order valence-corrected chi connectivity index (χ4v) is 4.81. The standard InChI is InChI=1S/C18H21N3O2S/c1-11-3-4-15-12(7-11)8-16(24-15)18(23)21-6-5-14-13(10-21)9-17(22)20(2)19-14/h8-9,11H,3-7,10H2,1-2H3. The van der Waals surface area contributed by atoms with Crippen molar-refractivity contribution in [3.63, 3.8) is 0 Å². The van der Waals surface area contributed by atoms with Gasteiger partial charge in [-0.05, 0) is 36.8 Å². The summed E-state index contributed by atoms with van der Waals surface area (Å²) >= 11 is 1.65. The van der Waals surface area contributed by atoms with E-state index in [2.05, 4.69) is 18.1 Å². The molecule has 2 aliphatic rings. The number of carbonyl (C=O) groups excluding carboxylic acids is 1. The minimum atomic E-state index is -0.122. The van der Waals surface area contributed by atoms with Gasteiger partial charge in [-0.3, -0.25) is 9.59 Å². The quantitative estimate of drug-likeness (QED) is 0.797. The average Bonchev–Trinajstić information content (AvgIpc) is 2.98. The van der Waals surface area contributed by atoms with Gasteiger partial charge in [0.15, 0.2) is 0 Å². The minimum absolute atomic E-state index is 0.0911. The van der Waals surface area contributed by atoms with Gasteiger partial charge in [0.05, 0.1) is 10.6 Å². The van der Waals surface area contributed by atoms with E-state index in [0.717, 1.165) is 29.0 Å². The van der Waals surface area contributed by atoms with Gasteiger partial charge in [-0.1, -0.05) is 6.92 Å². The molecule has 2 aromatic heterocycles. The van der Waals surface area contributed by atoms with Gasteiger partial charge >= 0.3 is 0 Å². The van der Waals surface area contributed by atoms with E-state index < -0.39 is 0 Å². The molecule has 1 atom stereocenters. The number of nitrogens with zero attached hydrogens (tertiary/aromatic N) is 3. The Hall–Kier alpha value is -1.95. The lowest BCUT2D eigenvalue weighted by atomic mass is 9.90. The Kier molecular flexibility index (Phi) is 3.79. The zero-order valence-corrected chi connectivity index (χ0v) is 14.9. The summed E-state index contributed by atoms with van der Waals surface area (Å²) in [6.07, 6.45) is 4.10. The highest BCUT2D eigenvalue weighted by Crippen LogP contribution is 2.33. The lowest BCUT2D eigenvalue weighted by Crippen LogP contribution is -2.38. The third kappa shape index (κ3) is 2.69. The van der Waals surface area contributed by atoms with Crippen molar-refractivity contribution < 1.29 is 4.79 Å². The first kappa shape index (κ1) is 15.6. The maximum atomic E-state index is 12.9. The smallest absolute Gasteiger partial charge is 0.266 e. The predicted molar refractivity (Wildman–Crippen MR) is 93.4 cm³/mol. The fraction of sp³-hybridized carbons (Fsp3) is 0.500. The van der Waals surface area contributed by atoms with Crippen LogP contribution in [0.1, 0.15) is 44.7 Å². The zero-order chi connectivity index (χ0) is 16.8. The summed E-state index contributed by atoms with van der Waals surface area (Å²) in [6, 6.07) is 3.71. The fourth-order valence-electron chi connectivity index (χ4n) is 3.63. The molecule has 1 unspecified atom stereocenters. The summed E-state index contributed by atoms with van der Waals surface area (Å²) < 4.78 is 1.37. The lowest BCUT2D eigenvalue weighted by Gasteiger charge is -2.27. The molecule has 0 saturated carbocycles. The van der Waals surface area contributed by atoms with Gasteiger partial charge in [-0.2, -0.15) is 5.10 Å². The molecule has 1 amide bonds. The van der Waals surface area contributed by atoms with Crippen molar-refractivity contribution in [3.05, 3.63) is 49.1 Å². The molecular formula is C18H21N3O2S. The first-order chi connectivity index (χ1) is 11.5. The van der Waals surface area contributed by atoms with Crippen LogP contribution < -0.4 is 5.56 Å². The van der Waals surface area contributed by atoms with Crippen LogP contribution in [0.4, 0.5) is 0 Å². The van der Waals surface area contributed by atoms with E-state index in [-0.39, 0.29) is 11.5 Å². The van der Waals surface area contributed by atoms with Gasteiger partial charge < -0.3 is 4.90 Å². The predicted octanol–water partition coefficient (Wildman–Crippen LogP) is 2.17. The summed E-state index contributed by atoms with van der Waals surface area (Å²) in [5.74, 6) is 0.799. The van der Waals surface area contributed by atoms with Crippen LogP contribution >= 0.6 is 11.3 Å². The maximum absolute atomic E-state index is 12.9. The molecule has 1 aliphatic heterocycles. The lowest BCUT2D eigenvalue weighted by molar-refractivity contribution is 0.0737. The number of hydrogen-bond donors (Lipinski definition) is 0. The molecule has 0 aromatic carbocycles. The Morgan fingerprint density at radius 3 is 2.96 bits per heavy atom. The van der Waals surface area contributed by atoms with Gasteiger partial charge in [0, 0.05) is 43.1 Å². The van der Waals surface area contributed by atoms with E-state index in [1.165, 1.54) is 21.5 Å². The highest BCUT2D eigenvalue weighted by Gasteiger charge is 2.26. The second kappa shape index (κ2) is 5.84. The SMILES string of the molecule is CC1CCc2sc(C(=O)N3CCc4nn(C)c(=O)cc4C3)cc2C1. The van der Waals surface area contributed by atoms with Crippen LogP contribution in [0.15, 0.2) is 16.9 Å². The van der Waals surface area contributed by atoms with Crippen LogP contribution in [0.2, 0.25) is 0 Å².